The van der Waals surface area contributed by atoms with E-state index in [0.29, 0.717) is 6.04 Å². The zero-order chi connectivity index (χ0) is 12.1. The molecule has 0 amide bonds. The third-order valence-electron chi connectivity index (χ3n) is 3.23. The lowest BCUT2D eigenvalue weighted by atomic mass is 10.1. The van der Waals surface area contributed by atoms with Gasteiger partial charge in [-0.05, 0) is 13.3 Å². The fraction of sp³-hybridized carbons (Fsp3) is 0.750. The molecule has 2 unspecified atom stereocenters. The molecule has 0 aromatic carbocycles. The molecule has 5 heteroatoms. The number of methoxy groups -OCH3 is 1. The second-order valence-corrected chi connectivity index (χ2v) is 4.39. The second kappa shape index (κ2) is 6.14. The molecule has 1 aliphatic heterocycles. The van der Waals surface area contributed by atoms with Gasteiger partial charge in [0.25, 0.3) is 0 Å². The molecule has 2 rings (SSSR count). The maximum atomic E-state index is 5.60. The maximum absolute atomic E-state index is 5.60. The third kappa shape index (κ3) is 3.06. The van der Waals surface area contributed by atoms with Crippen LogP contribution in [0.1, 0.15) is 25.1 Å². The number of nitrogens with one attached hydrogen (secondary N) is 1. The third-order valence-corrected chi connectivity index (χ3v) is 3.23. The molecule has 1 aromatic heterocycles. The molecular weight excluding hydrogens is 218 g/mol. The van der Waals surface area contributed by atoms with Gasteiger partial charge in [0.15, 0.2) is 0 Å². The highest BCUT2D eigenvalue weighted by Crippen LogP contribution is 2.26. The molecule has 2 heterocycles. The number of nitrogens with zero attached hydrogens (tertiary/aromatic N) is 2. The minimum absolute atomic E-state index is 0.280. The van der Waals surface area contributed by atoms with Gasteiger partial charge in [0.1, 0.15) is 0 Å². The molecule has 1 N–H and O–H groups in total. The lowest BCUT2D eigenvalue weighted by molar-refractivity contribution is 0.107. The standard InChI is InChI=1S/C12H21N3O2/c1-10-12(3-5-17-10)15-9-14-8-11(15)7-13-4-6-16-2/h8-10,12-13H,3-7H2,1-2H3. The number of imidazole rings is 1. The lowest BCUT2D eigenvalue weighted by Crippen LogP contribution is -2.23. The smallest absolute Gasteiger partial charge is 0.0952 e. The zero-order valence-electron chi connectivity index (χ0n) is 10.6. The van der Waals surface area contributed by atoms with Gasteiger partial charge in [-0.2, -0.15) is 0 Å². The minimum atomic E-state index is 0.280. The number of rotatable bonds is 6. The highest BCUT2D eigenvalue weighted by atomic mass is 16.5. The largest absolute Gasteiger partial charge is 0.383 e. The molecule has 0 saturated carbocycles. The van der Waals surface area contributed by atoms with E-state index in [1.54, 1.807) is 7.11 Å². The Balaban J connectivity index is 1.92. The first-order valence-electron chi connectivity index (χ1n) is 6.15. The van der Waals surface area contributed by atoms with E-state index in [1.165, 1.54) is 5.69 Å². The Bertz CT molecular complexity index is 340. The molecule has 0 radical (unpaired) electrons. The average Bonchev–Trinajstić information content (AvgIpc) is 2.93. The van der Waals surface area contributed by atoms with Crippen molar-refractivity contribution in [2.45, 2.75) is 32.0 Å². The topological polar surface area (TPSA) is 48.3 Å². The maximum Gasteiger partial charge on any atom is 0.0952 e. The Morgan fingerprint density at radius 3 is 3.24 bits per heavy atom. The molecule has 0 bridgehead atoms. The summed E-state index contributed by atoms with van der Waals surface area (Å²) < 4.78 is 12.8. The minimum Gasteiger partial charge on any atom is -0.383 e. The Labute approximate surface area is 102 Å². The molecule has 0 aliphatic carbocycles. The number of hydrogen-bond acceptors (Lipinski definition) is 4. The first-order chi connectivity index (χ1) is 8.33. The Morgan fingerprint density at radius 1 is 1.65 bits per heavy atom. The van der Waals surface area contributed by atoms with Crippen LogP contribution in [0.15, 0.2) is 12.5 Å². The number of aromatic nitrogens is 2. The van der Waals surface area contributed by atoms with Gasteiger partial charge < -0.3 is 19.4 Å². The van der Waals surface area contributed by atoms with Gasteiger partial charge in [-0.25, -0.2) is 4.98 Å². The van der Waals surface area contributed by atoms with Crippen LogP contribution in [0.5, 0.6) is 0 Å². The van der Waals surface area contributed by atoms with Crippen LogP contribution >= 0.6 is 0 Å². The van der Waals surface area contributed by atoms with E-state index in [1.807, 2.05) is 12.5 Å². The van der Waals surface area contributed by atoms with Gasteiger partial charge in [0, 0.05) is 33.0 Å². The molecule has 1 fully saturated rings. The summed E-state index contributed by atoms with van der Waals surface area (Å²) >= 11 is 0. The first kappa shape index (κ1) is 12.5. The summed E-state index contributed by atoms with van der Waals surface area (Å²) in [6, 6.07) is 0.428. The summed E-state index contributed by atoms with van der Waals surface area (Å²) in [5.41, 5.74) is 1.21. The van der Waals surface area contributed by atoms with E-state index in [-0.39, 0.29) is 6.10 Å². The molecule has 0 spiro atoms. The normalized spacial score (nSPS) is 24.4. The average molecular weight is 239 g/mol. The van der Waals surface area contributed by atoms with Crippen LogP contribution < -0.4 is 5.32 Å². The second-order valence-electron chi connectivity index (χ2n) is 4.39. The SMILES string of the molecule is COCCNCc1cncn1C1CCOC1C. The van der Waals surface area contributed by atoms with Crippen LogP contribution in [0.2, 0.25) is 0 Å². The van der Waals surface area contributed by atoms with Crippen LogP contribution in [0, 0.1) is 0 Å². The summed E-state index contributed by atoms with van der Waals surface area (Å²) in [5, 5.41) is 3.34. The molecule has 96 valence electrons. The molecule has 1 saturated heterocycles. The predicted molar refractivity (Wildman–Crippen MR) is 64.9 cm³/mol. The van der Waals surface area contributed by atoms with E-state index < -0.39 is 0 Å². The molecule has 17 heavy (non-hydrogen) atoms. The number of hydrogen-bond donors (Lipinski definition) is 1. The van der Waals surface area contributed by atoms with Crippen LogP contribution in [0.4, 0.5) is 0 Å². The van der Waals surface area contributed by atoms with Crippen molar-refractivity contribution in [2.75, 3.05) is 26.9 Å². The summed E-state index contributed by atoms with van der Waals surface area (Å²) in [5.74, 6) is 0. The van der Waals surface area contributed by atoms with Crippen LogP contribution in [0.25, 0.3) is 0 Å². The summed E-state index contributed by atoms with van der Waals surface area (Å²) in [6.45, 7) is 5.39. The van der Waals surface area contributed by atoms with Gasteiger partial charge in [-0.1, -0.05) is 0 Å². The van der Waals surface area contributed by atoms with Crippen molar-refractivity contribution < 1.29 is 9.47 Å². The van der Waals surface area contributed by atoms with Crippen molar-refractivity contribution in [1.29, 1.82) is 0 Å². The molecule has 2 atom stereocenters. The van der Waals surface area contributed by atoms with Crippen molar-refractivity contribution >= 4 is 0 Å². The van der Waals surface area contributed by atoms with Gasteiger partial charge >= 0.3 is 0 Å². The Kier molecular flexibility index (Phi) is 4.53. The van der Waals surface area contributed by atoms with E-state index in [9.17, 15) is 0 Å². The Morgan fingerprint density at radius 2 is 2.53 bits per heavy atom. The molecule has 1 aliphatic rings. The summed E-state index contributed by atoms with van der Waals surface area (Å²) in [6.07, 6.45) is 5.18. The summed E-state index contributed by atoms with van der Waals surface area (Å²) in [4.78, 5) is 4.24. The predicted octanol–water partition coefficient (Wildman–Crippen LogP) is 0.969. The highest BCUT2D eigenvalue weighted by Gasteiger charge is 2.26. The van der Waals surface area contributed by atoms with E-state index >= 15 is 0 Å². The van der Waals surface area contributed by atoms with E-state index in [0.717, 1.165) is 32.7 Å². The molecular formula is C12H21N3O2. The number of ether oxygens (including phenoxy) is 2. The molecule has 5 nitrogen and oxygen atoms in total. The summed E-state index contributed by atoms with van der Waals surface area (Å²) in [7, 11) is 1.71. The van der Waals surface area contributed by atoms with Gasteiger partial charge in [-0.15, -0.1) is 0 Å². The Hall–Kier alpha value is -0.910. The van der Waals surface area contributed by atoms with Gasteiger partial charge in [0.2, 0.25) is 0 Å². The van der Waals surface area contributed by atoms with Crippen LogP contribution in [-0.4, -0.2) is 42.5 Å². The fourth-order valence-electron chi connectivity index (χ4n) is 2.24. The molecule has 1 aromatic rings. The van der Waals surface area contributed by atoms with E-state index in [4.69, 9.17) is 9.47 Å². The van der Waals surface area contributed by atoms with Crippen LogP contribution in [0.3, 0.4) is 0 Å². The van der Waals surface area contributed by atoms with Crippen molar-refractivity contribution in [3.8, 4) is 0 Å². The monoisotopic (exact) mass is 239 g/mol. The highest BCUT2D eigenvalue weighted by molar-refractivity contribution is 5.02. The zero-order valence-corrected chi connectivity index (χ0v) is 10.6. The van der Waals surface area contributed by atoms with Gasteiger partial charge in [0.05, 0.1) is 30.8 Å². The first-order valence-corrected chi connectivity index (χ1v) is 6.15. The van der Waals surface area contributed by atoms with Crippen molar-refractivity contribution in [1.82, 2.24) is 14.9 Å². The van der Waals surface area contributed by atoms with Crippen LogP contribution in [-0.2, 0) is 16.0 Å². The lowest BCUT2D eigenvalue weighted by Gasteiger charge is -2.18. The van der Waals surface area contributed by atoms with Crippen molar-refractivity contribution in [2.24, 2.45) is 0 Å². The van der Waals surface area contributed by atoms with Crippen molar-refractivity contribution in [3.63, 3.8) is 0 Å². The van der Waals surface area contributed by atoms with Crippen molar-refractivity contribution in [3.05, 3.63) is 18.2 Å². The van der Waals surface area contributed by atoms with E-state index in [2.05, 4.69) is 21.8 Å². The quantitative estimate of drug-likeness (QED) is 0.751. The fourth-order valence-corrected chi connectivity index (χ4v) is 2.24. The van der Waals surface area contributed by atoms with Gasteiger partial charge in [-0.3, -0.25) is 0 Å².